The predicted octanol–water partition coefficient (Wildman–Crippen LogP) is 0.549. The highest BCUT2D eigenvalue weighted by Crippen LogP contribution is 2.31. The highest BCUT2D eigenvalue weighted by atomic mass is 16.5. The number of guanidine groups is 1. The van der Waals surface area contributed by atoms with Crippen molar-refractivity contribution in [2.45, 2.75) is 18.9 Å². The van der Waals surface area contributed by atoms with Crippen molar-refractivity contribution in [1.29, 1.82) is 0 Å². The predicted molar refractivity (Wildman–Crippen MR) is 111 cm³/mol. The zero-order chi connectivity index (χ0) is 20.6. The van der Waals surface area contributed by atoms with E-state index in [1.54, 1.807) is 14.2 Å². The van der Waals surface area contributed by atoms with Crippen molar-refractivity contribution in [2.75, 3.05) is 53.4 Å². The van der Waals surface area contributed by atoms with Gasteiger partial charge in [0.15, 0.2) is 5.96 Å². The summed E-state index contributed by atoms with van der Waals surface area (Å²) in [4.78, 5) is 31.2. The lowest BCUT2D eigenvalue weighted by atomic mass is 10.0. The van der Waals surface area contributed by atoms with E-state index in [1.807, 2.05) is 18.2 Å². The molecule has 0 spiro atoms. The molecular weight excluding hydrogens is 372 g/mol. The van der Waals surface area contributed by atoms with E-state index in [0.717, 1.165) is 24.4 Å². The topological polar surface area (TPSA) is 98.3 Å². The van der Waals surface area contributed by atoms with Crippen molar-refractivity contribution in [3.63, 3.8) is 0 Å². The molecule has 29 heavy (non-hydrogen) atoms. The first kappa shape index (κ1) is 20.9. The summed E-state index contributed by atoms with van der Waals surface area (Å²) >= 11 is 0. The molecule has 3 rings (SSSR count). The largest absolute Gasteiger partial charge is 0.496 e. The number of rotatable bonds is 8. The molecule has 1 aromatic rings. The van der Waals surface area contributed by atoms with E-state index in [4.69, 9.17) is 4.74 Å². The maximum atomic E-state index is 11.7. The summed E-state index contributed by atoms with van der Waals surface area (Å²) in [5.74, 6) is 1.31. The maximum Gasteiger partial charge on any atom is 0.324 e. The first-order chi connectivity index (χ1) is 14.1. The highest BCUT2D eigenvalue weighted by molar-refractivity contribution is 6.01. The standard InChI is InChI=1S/C20H30N6O3/c1-21-19(22-9-12-26-18(27)14-24-20(26)28)23-13-16(25-10-5-6-11-25)15-7-3-4-8-17(15)29-2/h3-4,7-8,16H,5-6,9-14H2,1-2H3,(H,24,28)(H2,21,22,23). The third kappa shape index (κ3) is 5.17. The number of para-hydroxylation sites is 1. The second kappa shape index (κ2) is 10.1. The van der Waals surface area contributed by atoms with Gasteiger partial charge in [-0.2, -0.15) is 0 Å². The minimum atomic E-state index is -0.343. The molecule has 0 aliphatic carbocycles. The summed E-state index contributed by atoms with van der Waals surface area (Å²) < 4.78 is 5.59. The Labute approximate surface area is 171 Å². The van der Waals surface area contributed by atoms with E-state index in [1.165, 1.54) is 17.7 Å². The first-order valence-electron chi connectivity index (χ1n) is 10.0. The second-order valence-corrected chi connectivity index (χ2v) is 7.08. The Kier molecular flexibility index (Phi) is 7.29. The molecule has 0 saturated carbocycles. The summed E-state index contributed by atoms with van der Waals surface area (Å²) in [5, 5.41) is 9.08. The number of hydrogen-bond donors (Lipinski definition) is 3. The normalized spacial score (nSPS) is 18.7. The summed E-state index contributed by atoms with van der Waals surface area (Å²) in [5.41, 5.74) is 1.15. The molecule has 1 unspecified atom stereocenters. The number of benzene rings is 1. The number of nitrogens with one attached hydrogen (secondary N) is 3. The Hall–Kier alpha value is -2.81. The minimum Gasteiger partial charge on any atom is -0.496 e. The van der Waals surface area contributed by atoms with E-state index >= 15 is 0 Å². The molecule has 1 aromatic carbocycles. The zero-order valence-corrected chi connectivity index (χ0v) is 17.1. The number of likely N-dealkylation sites (tertiary alicyclic amines) is 1. The van der Waals surface area contributed by atoms with Crippen LogP contribution in [0.5, 0.6) is 5.75 Å². The monoisotopic (exact) mass is 402 g/mol. The van der Waals surface area contributed by atoms with Gasteiger partial charge in [0, 0.05) is 32.2 Å². The average Bonchev–Trinajstić information content (AvgIpc) is 3.38. The molecule has 0 bridgehead atoms. The lowest BCUT2D eigenvalue weighted by molar-refractivity contribution is -0.124. The molecule has 3 N–H and O–H groups in total. The minimum absolute atomic E-state index is 0.0717. The number of imide groups is 1. The van der Waals surface area contributed by atoms with Crippen LogP contribution in [0.3, 0.4) is 0 Å². The molecule has 2 aliphatic rings. The van der Waals surface area contributed by atoms with Gasteiger partial charge in [-0.05, 0) is 32.0 Å². The summed E-state index contributed by atoms with van der Waals surface area (Å²) in [6.07, 6.45) is 2.40. The molecule has 158 valence electrons. The van der Waals surface area contributed by atoms with Crippen molar-refractivity contribution in [3.8, 4) is 5.75 Å². The van der Waals surface area contributed by atoms with E-state index in [-0.39, 0.29) is 24.5 Å². The lowest BCUT2D eigenvalue weighted by Crippen LogP contribution is -2.45. The van der Waals surface area contributed by atoms with Crippen molar-refractivity contribution < 1.29 is 14.3 Å². The van der Waals surface area contributed by atoms with Crippen LogP contribution in [0.1, 0.15) is 24.4 Å². The fourth-order valence-corrected chi connectivity index (χ4v) is 3.81. The lowest BCUT2D eigenvalue weighted by Gasteiger charge is -2.30. The number of aliphatic imine (C=N–C) groups is 1. The molecule has 2 saturated heterocycles. The zero-order valence-electron chi connectivity index (χ0n) is 17.1. The number of carbonyl (C=O) groups excluding carboxylic acids is 2. The van der Waals surface area contributed by atoms with E-state index in [0.29, 0.717) is 25.6 Å². The van der Waals surface area contributed by atoms with Crippen molar-refractivity contribution in [2.24, 2.45) is 4.99 Å². The van der Waals surface area contributed by atoms with E-state index in [9.17, 15) is 9.59 Å². The molecule has 2 fully saturated rings. The average molecular weight is 402 g/mol. The quantitative estimate of drug-likeness (QED) is 0.334. The van der Waals surface area contributed by atoms with Gasteiger partial charge in [-0.3, -0.25) is 19.6 Å². The highest BCUT2D eigenvalue weighted by Gasteiger charge is 2.28. The van der Waals surface area contributed by atoms with Crippen LogP contribution in [0.4, 0.5) is 4.79 Å². The molecule has 1 atom stereocenters. The van der Waals surface area contributed by atoms with Gasteiger partial charge in [0.05, 0.1) is 19.7 Å². The van der Waals surface area contributed by atoms with Crippen LogP contribution in [-0.4, -0.2) is 81.1 Å². The van der Waals surface area contributed by atoms with Gasteiger partial charge in [0.1, 0.15) is 5.75 Å². The third-order valence-corrected chi connectivity index (χ3v) is 5.33. The van der Waals surface area contributed by atoms with Crippen molar-refractivity contribution in [1.82, 2.24) is 25.8 Å². The smallest absolute Gasteiger partial charge is 0.324 e. The number of ether oxygens (including phenoxy) is 1. The van der Waals surface area contributed by atoms with E-state index < -0.39 is 0 Å². The van der Waals surface area contributed by atoms with Crippen molar-refractivity contribution >= 4 is 17.9 Å². The Morgan fingerprint density at radius 2 is 2.00 bits per heavy atom. The molecule has 0 radical (unpaired) electrons. The van der Waals surface area contributed by atoms with Crippen LogP contribution in [0.15, 0.2) is 29.3 Å². The first-order valence-corrected chi connectivity index (χ1v) is 10.0. The molecule has 0 aromatic heterocycles. The van der Waals surface area contributed by atoms with Gasteiger partial charge in [-0.1, -0.05) is 18.2 Å². The molecule has 2 heterocycles. The van der Waals surface area contributed by atoms with Gasteiger partial charge < -0.3 is 20.7 Å². The van der Waals surface area contributed by atoms with Crippen LogP contribution in [0.2, 0.25) is 0 Å². The van der Waals surface area contributed by atoms with Crippen LogP contribution in [0, 0.1) is 0 Å². The van der Waals surface area contributed by atoms with Gasteiger partial charge >= 0.3 is 6.03 Å². The number of urea groups is 1. The fraction of sp³-hybridized carbons (Fsp3) is 0.550. The third-order valence-electron chi connectivity index (χ3n) is 5.33. The maximum absolute atomic E-state index is 11.7. The van der Waals surface area contributed by atoms with Gasteiger partial charge in [0.2, 0.25) is 5.91 Å². The molecule has 3 amide bonds. The number of nitrogens with zero attached hydrogens (tertiary/aromatic N) is 3. The SMILES string of the molecule is CN=C(NCCN1C(=O)CNC1=O)NCC(c1ccccc1OC)N1CCCC1. The Balaban J connectivity index is 1.58. The van der Waals surface area contributed by atoms with Gasteiger partial charge in [-0.15, -0.1) is 0 Å². The summed E-state index contributed by atoms with van der Waals surface area (Å²) in [6.45, 7) is 3.59. The van der Waals surface area contributed by atoms with Crippen LogP contribution in [-0.2, 0) is 4.79 Å². The summed E-state index contributed by atoms with van der Waals surface area (Å²) in [7, 11) is 3.40. The van der Waals surface area contributed by atoms with Crippen LogP contribution < -0.4 is 20.7 Å². The number of amides is 3. The Morgan fingerprint density at radius 1 is 1.24 bits per heavy atom. The van der Waals surface area contributed by atoms with Gasteiger partial charge in [-0.25, -0.2) is 4.79 Å². The number of hydrogen-bond acceptors (Lipinski definition) is 5. The summed E-state index contributed by atoms with van der Waals surface area (Å²) in [6, 6.07) is 7.93. The molecule has 9 heteroatoms. The van der Waals surface area contributed by atoms with E-state index in [2.05, 4.69) is 31.9 Å². The van der Waals surface area contributed by atoms with Crippen LogP contribution in [0.25, 0.3) is 0 Å². The molecule has 9 nitrogen and oxygen atoms in total. The fourth-order valence-electron chi connectivity index (χ4n) is 3.81. The Bertz CT molecular complexity index is 731. The Morgan fingerprint density at radius 3 is 2.66 bits per heavy atom. The van der Waals surface area contributed by atoms with Crippen molar-refractivity contribution in [3.05, 3.63) is 29.8 Å². The van der Waals surface area contributed by atoms with Gasteiger partial charge in [0.25, 0.3) is 0 Å². The number of methoxy groups -OCH3 is 1. The van der Waals surface area contributed by atoms with Crippen LogP contribution >= 0.6 is 0 Å². The molecule has 2 aliphatic heterocycles. The number of carbonyl (C=O) groups is 2. The second-order valence-electron chi connectivity index (χ2n) is 7.08. The molecular formula is C20H30N6O3.